The van der Waals surface area contributed by atoms with Crippen molar-refractivity contribution in [1.29, 1.82) is 0 Å². The lowest BCUT2D eigenvalue weighted by molar-refractivity contribution is 0.305. The van der Waals surface area contributed by atoms with Crippen molar-refractivity contribution in [2.75, 3.05) is 13.2 Å². The maximum absolute atomic E-state index is 5.83. The minimum absolute atomic E-state index is 0.821. The van der Waals surface area contributed by atoms with Gasteiger partial charge in [-0.1, -0.05) is 30.3 Å². The van der Waals surface area contributed by atoms with Gasteiger partial charge < -0.3 is 10.1 Å². The lowest BCUT2D eigenvalue weighted by Crippen LogP contribution is -2.17. The van der Waals surface area contributed by atoms with E-state index in [1.165, 1.54) is 43.0 Å². The summed E-state index contributed by atoms with van der Waals surface area (Å²) in [4.78, 5) is 0. The minimum Gasteiger partial charge on any atom is -0.494 e. The summed E-state index contributed by atoms with van der Waals surface area (Å²) in [6.07, 6.45) is 6.40. The zero-order valence-corrected chi connectivity index (χ0v) is 12.0. The third-order valence-corrected chi connectivity index (χ3v) is 3.82. The van der Waals surface area contributed by atoms with E-state index in [0.717, 1.165) is 24.8 Å². The van der Waals surface area contributed by atoms with Gasteiger partial charge in [-0.2, -0.15) is 0 Å². The molecule has 3 rings (SSSR count). The second-order valence-corrected chi connectivity index (χ2v) is 5.65. The Morgan fingerprint density at radius 1 is 0.950 bits per heavy atom. The van der Waals surface area contributed by atoms with Gasteiger partial charge in [-0.3, -0.25) is 0 Å². The molecule has 0 aromatic heterocycles. The SMILES string of the molecule is c1ccc2cc(OCCCCCNC3CC3)ccc2c1. The Bertz CT molecular complexity index is 548. The molecule has 0 aliphatic heterocycles. The number of nitrogens with one attached hydrogen (secondary N) is 1. The zero-order valence-electron chi connectivity index (χ0n) is 12.0. The normalized spacial score (nSPS) is 14.6. The van der Waals surface area contributed by atoms with Crippen LogP contribution in [0, 0.1) is 0 Å². The molecule has 0 radical (unpaired) electrons. The van der Waals surface area contributed by atoms with Crippen LogP contribution in [0.3, 0.4) is 0 Å². The van der Waals surface area contributed by atoms with Crippen LogP contribution in [0.1, 0.15) is 32.1 Å². The first-order chi connectivity index (χ1) is 9.92. The quantitative estimate of drug-likeness (QED) is 0.727. The van der Waals surface area contributed by atoms with Crippen molar-refractivity contribution in [2.45, 2.75) is 38.1 Å². The summed E-state index contributed by atoms with van der Waals surface area (Å²) >= 11 is 0. The molecule has 0 bridgehead atoms. The standard InChI is InChI=1S/C18H23NO/c1(4-12-19-17-9-10-17)5-13-20-18-11-8-15-6-2-3-7-16(15)14-18/h2-3,6-8,11,14,17,19H,1,4-5,9-10,12-13H2. The summed E-state index contributed by atoms with van der Waals surface area (Å²) in [6, 6.07) is 15.6. The molecule has 1 saturated carbocycles. The van der Waals surface area contributed by atoms with Crippen molar-refractivity contribution in [3.8, 4) is 5.75 Å². The monoisotopic (exact) mass is 269 g/mol. The van der Waals surface area contributed by atoms with Crippen molar-refractivity contribution in [1.82, 2.24) is 5.32 Å². The summed E-state index contributed by atoms with van der Waals surface area (Å²) < 4.78 is 5.83. The van der Waals surface area contributed by atoms with Gasteiger partial charge in [0.05, 0.1) is 6.61 Å². The number of hydrogen-bond acceptors (Lipinski definition) is 2. The highest BCUT2D eigenvalue weighted by atomic mass is 16.5. The summed E-state index contributed by atoms with van der Waals surface area (Å²) in [7, 11) is 0. The summed E-state index contributed by atoms with van der Waals surface area (Å²) in [5, 5.41) is 6.06. The number of fused-ring (bicyclic) bond motifs is 1. The summed E-state index contributed by atoms with van der Waals surface area (Å²) in [5.74, 6) is 0.986. The molecule has 1 aliphatic rings. The molecule has 20 heavy (non-hydrogen) atoms. The van der Waals surface area contributed by atoms with Gasteiger partial charge in [0, 0.05) is 6.04 Å². The highest BCUT2D eigenvalue weighted by Crippen LogP contribution is 2.21. The molecule has 2 heteroatoms. The van der Waals surface area contributed by atoms with Crippen LogP contribution in [0.25, 0.3) is 10.8 Å². The molecule has 1 aliphatic carbocycles. The van der Waals surface area contributed by atoms with Crippen LogP contribution in [0.2, 0.25) is 0 Å². The van der Waals surface area contributed by atoms with Crippen LogP contribution < -0.4 is 10.1 Å². The van der Waals surface area contributed by atoms with Crippen LogP contribution in [-0.2, 0) is 0 Å². The molecule has 0 spiro atoms. The Kier molecular flexibility index (Phi) is 4.54. The molecule has 106 valence electrons. The van der Waals surface area contributed by atoms with E-state index in [-0.39, 0.29) is 0 Å². The molecule has 0 heterocycles. The third-order valence-electron chi connectivity index (χ3n) is 3.82. The molecule has 2 nitrogen and oxygen atoms in total. The highest BCUT2D eigenvalue weighted by molar-refractivity contribution is 5.83. The van der Waals surface area contributed by atoms with Crippen LogP contribution in [0.15, 0.2) is 42.5 Å². The van der Waals surface area contributed by atoms with Crippen molar-refractivity contribution in [3.05, 3.63) is 42.5 Å². The molecule has 1 fully saturated rings. The Hall–Kier alpha value is -1.54. The second-order valence-electron chi connectivity index (χ2n) is 5.65. The largest absolute Gasteiger partial charge is 0.494 e. The fourth-order valence-electron chi connectivity index (χ4n) is 2.44. The number of unbranched alkanes of at least 4 members (excludes halogenated alkanes) is 2. The fourth-order valence-corrected chi connectivity index (χ4v) is 2.44. The van der Waals surface area contributed by atoms with Gasteiger partial charge in [-0.15, -0.1) is 0 Å². The first-order valence-electron chi connectivity index (χ1n) is 7.77. The molecular formula is C18H23NO. The van der Waals surface area contributed by atoms with E-state index in [1.807, 2.05) is 0 Å². The van der Waals surface area contributed by atoms with Crippen molar-refractivity contribution < 1.29 is 4.74 Å². The number of rotatable bonds is 8. The van der Waals surface area contributed by atoms with Crippen LogP contribution in [-0.4, -0.2) is 19.2 Å². The molecule has 0 amide bonds. The number of benzene rings is 2. The summed E-state index contributed by atoms with van der Waals surface area (Å²) in [5.41, 5.74) is 0. The van der Waals surface area contributed by atoms with Gasteiger partial charge >= 0.3 is 0 Å². The van der Waals surface area contributed by atoms with Gasteiger partial charge in [-0.25, -0.2) is 0 Å². The van der Waals surface area contributed by atoms with E-state index in [1.54, 1.807) is 0 Å². The van der Waals surface area contributed by atoms with Crippen molar-refractivity contribution in [2.24, 2.45) is 0 Å². The predicted octanol–water partition coefficient (Wildman–Crippen LogP) is 4.14. The smallest absolute Gasteiger partial charge is 0.119 e. The van der Waals surface area contributed by atoms with Crippen LogP contribution >= 0.6 is 0 Å². The maximum atomic E-state index is 5.83. The molecule has 0 unspecified atom stereocenters. The van der Waals surface area contributed by atoms with Crippen LogP contribution in [0.5, 0.6) is 5.75 Å². The Morgan fingerprint density at radius 2 is 1.80 bits per heavy atom. The Morgan fingerprint density at radius 3 is 2.65 bits per heavy atom. The van der Waals surface area contributed by atoms with E-state index in [0.29, 0.717) is 0 Å². The first-order valence-corrected chi connectivity index (χ1v) is 7.77. The average molecular weight is 269 g/mol. The molecule has 0 saturated heterocycles. The maximum Gasteiger partial charge on any atom is 0.119 e. The fraction of sp³-hybridized carbons (Fsp3) is 0.444. The lowest BCUT2D eigenvalue weighted by atomic mass is 10.1. The van der Waals surface area contributed by atoms with E-state index in [2.05, 4.69) is 47.8 Å². The van der Waals surface area contributed by atoms with Crippen molar-refractivity contribution in [3.63, 3.8) is 0 Å². The number of ether oxygens (including phenoxy) is 1. The predicted molar refractivity (Wildman–Crippen MR) is 84.3 cm³/mol. The molecule has 2 aromatic rings. The van der Waals surface area contributed by atoms with E-state index < -0.39 is 0 Å². The Labute approximate surface area is 121 Å². The lowest BCUT2D eigenvalue weighted by Gasteiger charge is -2.07. The second kappa shape index (κ2) is 6.76. The summed E-state index contributed by atoms with van der Waals surface area (Å²) in [6.45, 7) is 1.99. The zero-order chi connectivity index (χ0) is 13.6. The minimum atomic E-state index is 0.821. The average Bonchev–Trinajstić information content (AvgIpc) is 3.30. The number of hydrogen-bond donors (Lipinski definition) is 1. The van der Waals surface area contributed by atoms with E-state index >= 15 is 0 Å². The first kappa shape index (κ1) is 13.4. The van der Waals surface area contributed by atoms with Crippen LogP contribution in [0.4, 0.5) is 0 Å². The molecule has 2 aromatic carbocycles. The van der Waals surface area contributed by atoms with Gasteiger partial charge in [0.25, 0.3) is 0 Å². The molecule has 0 atom stereocenters. The van der Waals surface area contributed by atoms with Gasteiger partial charge in [0.2, 0.25) is 0 Å². The van der Waals surface area contributed by atoms with Gasteiger partial charge in [-0.05, 0) is 61.6 Å². The van der Waals surface area contributed by atoms with E-state index in [4.69, 9.17) is 4.74 Å². The molecule has 1 N–H and O–H groups in total. The highest BCUT2D eigenvalue weighted by Gasteiger charge is 2.19. The third kappa shape index (κ3) is 3.97. The molecular weight excluding hydrogens is 246 g/mol. The van der Waals surface area contributed by atoms with E-state index in [9.17, 15) is 0 Å². The Balaban J connectivity index is 1.36. The topological polar surface area (TPSA) is 21.3 Å². The van der Waals surface area contributed by atoms with Crippen molar-refractivity contribution >= 4 is 10.8 Å². The van der Waals surface area contributed by atoms with Gasteiger partial charge in [0.15, 0.2) is 0 Å². The van der Waals surface area contributed by atoms with Gasteiger partial charge in [0.1, 0.15) is 5.75 Å².